The molecule has 1 fully saturated rings. The van der Waals surface area contributed by atoms with Crippen molar-refractivity contribution in [1.82, 2.24) is 20.9 Å². The van der Waals surface area contributed by atoms with Gasteiger partial charge in [0.1, 0.15) is 11.8 Å². The molecule has 46 heavy (non-hydrogen) atoms. The highest BCUT2D eigenvalue weighted by Crippen LogP contribution is 2.14. The zero-order chi connectivity index (χ0) is 32.4. The van der Waals surface area contributed by atoms with Crippen molar-refractivity contribution in [3.8, 4) is 5.75 Å². The molecule has 0 unspecified atom stereocenters. The van der Waals surface area contributed by atoms with Crippen molar-refractivity contribution in [3.63, 3.8) is 0 Å². The molecule has 2 aromatic rings. The Kier molecular flexibility index (Phi) is 17.7. The molecule has 3 rings (SSSR count). The van der Waals surface area contributed by atoms with Gasteiger partial charge in [0, 0.05) is 45.4 Å². The van der Waals surface area contributed by atoms with Gasteiger partial charge >= 0.3 is 5.97 Å². The van der Waals surface area contributed by atoms with E-state index < -0.39 is 36.0 Å². The molecular weight excluding hydrogens is 612 g/mol. The van der Waals surface area contributed by atoms with Crippen LogP contribution < -0.4 is 20.7 Å². The van der Waals surface area contributed by atoms with E-state index in [4.69, 9.17) is 4.74 Å². The first-order valence-electron chi connectivity index (χ1n) is 15.8. The second kappa shape index (κ2) is 21.2. The first-order chi connectivity index (χ1) is 21.8. The van der Waals surface area contributed by atoms with E-state index in [1.54, 1.807) is 7.11 Å². The van der Waals surface area contributed by atoms with Crippen LogP contribution in [0.25, 0.3) is 0 Å². The first-order valence-corrected chi connectivity index (χ1v) is 15.8. The number of hydrogen-bond acceptors (Lipinski definition) is 8. The van der Waals surface area contributed by atoms with E-state index in [-0.39, 0.29) is 57.0 Å². The summed E-state index contributed by atoms with van der Waals surface area (Å²) in [5.74, 6) is -0.599. The molecule has 0 aromatic heterocycles. The van der Waals surface area contributed by atoms with Crippen molar-refractivity contribution in [2.75, 3.05) is 33.9 Å². The maximum absolute atomic E-state index is 13.7. The Morgan fingerprint density at radius 2 is 1.61 bits per heavy atom. The summed E-state index contributed by atoms with van der Waals surface area (Å²) in [7, 11) is 2.89. The lowest BCUT2D eigenvalue weighted by Crippen LogP contribution is -2.55. The Bertz CT molecular complexity index is 1230. The lowest BCUT2D eigenvalue weighted by atomic mass is 9.99. The quantitative estimate of drug-likeness (QED) is 0.179. The summed E-state index contributed by atoms with van der Waals surface area (Å²) >= 11 is 0. The SMILES string of the molecule is COC(=O)CCCC(=O)N[C@H](CCC(=O)N1CCCCC1)C(=O)N[C@@H](Cc1ccccc1)[C@H](O)CNCc1cccc(OC)c1.Cl. The average Bonchev–Trinajstić information content (AvgIpc) is 3.06. The summed E-state index contributed by atoms with van der Waals surface area (Å²) in [6.07, 6.45) is 3.03. The highest BCUT2D eigenvalue weighted by molar-refractivity contribution is 5.88. The zero-order valence-corrected chi connectivity index (χ0v) is 27.7. The maximum Gasteiger partial charge on any atom is 0.305 e. The van der Waals surface area contributed by atoms with Crippen molar-refractivity contribution < 1.29 is 33.8 Å². The molecule has 0 saturated carbocycles. The van der Waals surface area contributed by atoms with Crippen LogP contribution in [-0.2, 0) is 36.9 Å². The van der Waals surface area contributed by atoms with Crippen LogP contribution in [-0.4, -0.2) is 85.7 Å². The summed E-state index contributed by atoms with van der Waals surface area (Å²) in [5, 5.41) is 20.2. The molecule has 3 amide bonds. The minimum Gasteiger partial charge on any atom is -0.497 e. The summed E-state index contributed by atoms with van der Waals surface area (Å²) in [5.41, 5.74) is 1.91. The van der Waals surface area contributed by atoms with E-state index in [2.05, 4.69) is 20.7 Å². The fraction of sp³-hybridized carbons (Fsp3) is 0.529. The number of amides is 3. The molecule has 0 bridgehead atoms. The Hall–Kier alpha value is -3.67. The molecular formula is C34H49ClN4O7. The number of hydrogen-bond donors (Lipinski definition) is 4. The van der Waals surface area contributed by atoms with Crippen molar-refractivity contribution in [1.29, 1.82) is 0 Å². The van der Waals surface area contributed by atoms with Crippen molar-refractivity contribution >= 4 is 36.1 Å². The number of piperidine rings is 1. The number of halogens is 1. The standard InChI is InChI=1S/C34H48N4O7.ClH/c1-44-27-14-9-13-26(21-27)23-35-24-30(39)29(22-25-11-5-3-6-12-25)37-34(43)28(36-31(40)15-10-16-33(42)45-2)17-18-32(41)38-19-7-4-8-20-38;/h3,5-6,9,11-14,21,28-30,35,39H,4,7-8,10,15-20,22-24H2,1-2H3,(H,36,40)(H,37,43);1H/t28-,29+,30-;/m1./s1. The van der Waals surface area contributed by atoms with Gasteiger partial charge < -0.3 is 35.4 Å². The van der Waals surface area contributed by atoms with Gasteiger partial charge in [0.25, 0.3) is 0 Å². The number of nitrogens with one attached hydrogen (secondary N) is 3. The van der Waals surface area contributed by atoms with E-state index in [1.165, 1.54) is 7.11 Å². The van der Waals surface area contributed by atoms with Crippen LogP contribution >= 0.6 is 12.4 Å². The van der Waals surface area contributed by atoms with Crippen LogP contribution in [0.5, 0.6) is 5.75 Å². The van der Waals surface area contributed by atoms with Gasteiger partial charge in [-0.15, -0.1) is 12.4 Å². The van der Waals surface area contributed by atoms with Gasteiger partial charge in [-0.25, -0.2) is 0 Å². The molecule has 11 nitrogen and oxygen atoms in total. The Balaban J connectivity index is 0.00000736. The van der Waals surface area contributed by atoms with Gasteiger partial charge in [-0.3, -0.25) is 19.2 Å². The summed E-state index contributed by atoms with van der Waals surface area (Å²) in [4.78, 5) is 52.7. The summed E-state index contributed by atoms with van der Waals surface area (Å²) in [6.45, 7) is 2.09. The van der Waals surface area contributed by atoms with Crippen molar-refractivity contribution in [2.24, 2.45) is 0 Å². The number of benzene rings is 2. The topological polar surface area (TPSA) is 146 Å². The predicted octanol–water partition coefficient (Wildman–Crippen LogP) is 2.92. The molecule has 4 N–H and O–H groups in total. The third kappa shape index (κ3) is 13.8. The molecule has 0 spiro atoms. The third-order valence-electron chi connectivity index (χ3n) is 7.93. The van der Waals surface area contributed by atoms with Crippen molar-refractivity contribution in [2.45, 2.75) is 82.5 Å². The molecule has 1 heterocycles. The molecule has 0 aliphatic carbocycles. The molecule has 3 atom stereocenters. The Morgan fingerprint density at radius 1 is 0.891 bits per heavy atom. The Labute approximate surface area is 278 Å². The fourth-order valence-electron chi connectivity index (χ4n) is 5.32. The molecule has 12 heteroatoms. The average molecular weight is 661 g/mol. The van der Waals surface area contributed by atoms with E-state index in [1.807, 2.05) is 59.5 Å². The number of methoxy groups -OCH3 is 2. The monoisotopic (exact) mass is 660 g/mol. The van der Waals surface area contributed by atoms with Crippen LogP contribution in [0.3, 0.4) is 0 Å². The van der Waals surface area contributed by atoms with E-state index in [9.17, 15) is 24.3 Å². The van der Waals surface area contributed by atoms with E-state index in [0.29, 0.717) is 26.1 Å². The number of ether oxygens (including phenoxy) is 2. The van der Waals surface area contributed by atoms with Gasteiger partial charge in [0.2, 0.25) is 17.7 Å². The number of carbonyl (C=O) groups is 4. The number of likely N-dealkylation sites (tertiary alicyclic amines) is 1. The highest BCUT2D eigenvalue weighted by Gasteiger charge is 2.28. The number of aliphatic hydroxyl groups excluding tert-OH is 1. The molecule has 1 saturated heterocycles. The summed E-state index contributed by atoms with van der Waals surface area (Å²) in [6, 6.07) is 15.5. The molecule has 254 valence electrons. The number of rotatable bonds is 18. The maximum atomic E-state index is 13.7. The highest BCUT2D eigenvalue weighted by atomic mass is 35.5. The zero-order valence-electron chi connectivity index (χ0n) is 26.9. The van der Waals surface area contributed by atoms with E-state index in [0.717, 1.165) is 36.1 Å². The van der Waals surface area contributed by atoms with Gasteiger partial charge in [-0.1, -0.05) is 42.5 Å². The Morgan fingerprint density at radius 3 is 2.30 bits per heavy atom. The van der Waals surface area contributed by atoms with Crippen molar-refractivity contribution in [3.05, 3.63) is 65.7 Å². The van der Waals surface area contributed by atoms with Gasteiger partial charge in [0.05, 0.1) is 26.4 Å². The predicted molar refractivity (Wildman–Crippen MR) is 177 cm³/mol. The molecule has 1 aliphatic heterocycles. The van der Waals surface area contributed by atoms with Gasteiger partial charge in [0.15, 0.2) is 0 Å². The third-order valence-corrected chi connectivity index (χ3v) is 7.93. The molecule has 0 radical (unpaired) electrons. The number of nitrogens with zero attached hydrogens (tertiary/aromatic N) is 1. The van der Waals surface area contributed by atoms with Gasteiger partial charge in [-0.05, 0) is 61.8 Å². The van der Waals surface area contributed by atoms with Crippen LogP contribution in [0.1, 0.15) is 62.5 Å². The first kappa shape index (κ1) is 38.5. The number of carbonyl (C=O) groups excluding carboxylic acids is 4. The lowest BCUT2D eigenvalue weighted by molar-refractivity contribution is -0.141. The largest absolute Gasteiger partial charge is 0.497 e. The molecule has 1 aliphatic rings. The second-order valence-corrected chi connectivity index (χ2v) is 11.4. The number of aliphatic hydroxyl groups is 1. The lowest BCUT2D eigenvalue weighted by Gasteiger charge is -2.29. The number of esters is 1. The smallest absolute Gasteiger partial charge is 0.305 e. The normalized spacial score (nSPS) is 14.6. The molecule has 2 aromatic carbocycles. The van der Waals surface area contributed by atoms with Gasteiger partial charge in [-0.2, -0.15) is 0 Å². The summed E-state index contributed by atoms with van der Waals surface area (Å²) < 4.78 is 9.93. The van der Waals surface area contributed by atoms with Crippen LogP contribution in [0, 0.1) is 0 Å². The second-order valence-electron chi connectivity index (χ2n) is 11.4. The van der Waals surface area contributed by atoms with Crippen LogP contribution in [0.4, 0.5) is 0 Å². The minimum absolute atomic E-state index is 0. The van der Waals surface area contributed by atoms with E-state index >= 15 is 0 Å². The van der Waals surface area contributed by atoms with Crippen LogP contribution in [0.2, 0.25) is 0 Å². The fourth-order valence-corrected chi connectivity index (χ4v) is 5.32. The van der Waals surface area contributed by atoms with Crippen LogP contribution in [0.15, 0.2) is 54.6 Å². The minimum atomic E-state index is -0.986.